The minimum absolute atomic E-state index is 0.112. The molecule has 0 spiro atoms. The Balaban J connectivity index is 2.44. The molecule has 1 saturated heterocycles. The van der Waals surface area contributed by atoms with E-state index in [2.05, 4.69) is 0 Å². The van der Waals surface area contributed by atoms with Crippen LogP contribution >= 0.6 is 0 Å². The molecule has 1 aliphatic heterocycles. The zero-order valence-electron chi connectivity index (χ0n) is 11.8. The largest absolute Gasteiger partial charge is 0.398 e. The summed E-state index contributed by atoms with van der Waals surface area (Å²) < 4.78 is 45.7. The molecule has 0 aliphatic carbocycles. The molecule has 20 heavy (non-hydrogen) atoms. The van der Waals surface area contributed by atoms with Gasteiger partial charge in [-0.05, 0) is 32.9 Å². The summed E-state index contributed by atoms with van der Waals surface area (Å²) in [6.45, 7) is 5.65. The van der Waals surface area contributed by atoms with E-state index in [9.17, 15) is 12.8 Å². The van der Waals surface area contributed by atoms with Crippen LogP contribution in [0.4, 0.5) is 10.1 Å². The maximum Gasteiger partial charge on any atom is 0.243 e. The SMILES string of the molecule is Cc1c(N)cc(S(=O)(=O)N2CC(C)OCC2C)cc1F. The summed E-state index contributed by atoms with van der Waals surface area (Å²) >= 11 is 0. The summed E-state index contributed by atoms with van der Waals surface area (Å²) in [5.74, 6) is -0.613. The Bertz CT molecular complexity index is 595. The first-order chi connectivity index (χ1) is 9.23. The fraction of sp³-hybridized carbons (Fsp3) is 0.538. The molecule has 0 radical (unpaired) electrons. The lowest BCUT2D eigenvalue weighted by Gasteiger charge is -2.35. The molecule has 7 heteroatoms. The van der Waals surface area contributed by atoms with Crippen LogP contribution in [0.3, 0.4) is 0 Å². The number of hydrogen-bond donors (Lipinski definition) is 1. The zero-order chi connectivity index (χ0) is 15.1. The highest BCUT2D eigenvalue weighted by atomic mass is 32.2. The van der Waals surface area contributed by atoms with Crippen LogP contribution in [0.1, 0.15) is 19.4 Å². The van der Waals surface area contributed by atoms with Crippen LogP contribution in [-0.4, -0.2) is 38.0 Å². The first-order valence-electron chi connectivity index (χ1n) is 6.42. The van der Waals surface area contributed by atoms with Gasteiger partial charge in [-0.25, -0.2) is 12.8 Å². The van der Waals surface area contributed by atoms with Crippen molar-refractivity contribution in [3.8, 4) is 0 Å². The number of rotatable bonds is 2. The topological polar surface area (TPSA) is 72.6 Å². The Morgan fingerprint density at radius 1 is 1.40 bits per heavy atom. The number of nitrogens with zero attached hydrogens (tertiary/aromatic N) is 1. The second-order valence-electron chi connectivity index (χ2n) is 5.19. The number of nitrogen functional groups attached to an aromatic ring is 1. The first kappa shape index (κ1) is 15.2. The highest BCUT2D eigenvalue weighted by Gasteiger charge is 2.34. The molecule has 112 valence electrons. The molecule has 0 aromatic heterocycles. The normalized spacial score (nSPS) is 24.8. The van der Waals surface area contributed by atoms with E-state index in [0.29, 0.717) is 6.61 Å². The smallest absolute Gasteiger partial charge is 0.243 e. The maximum atomic E-state index is 13.7. The quantitative estimate of drug-likeness (QED) is 0.841. The Hall–Kier alpha value is -1.18. The molecular weight excluding hydrogens is 283 g/mol. The molecule has 0 saturated carbocycles. The Labute approximate surface area is 118 Å². The third-order valence-corrected chi connectivity index (χ3v) is 5.47. The van der Waals surface area contributed by atoms with E-state index in [1.807, 2.05) is 0 Å². The van der Waals surface area contributed by atoms with E-state index in [0.717, 1.165) is 6.07 Å². The van der Waals surface area contributed by atoms with Gasteiger partial charge in [0, 0.05) is 23.8 Å². The number of ether oxygens (including phenoxy) is 1. The van der Waals surface area contributed by atoms with Crippen molar-refractivity contribution in [1.29, 1.82) is 0 Å². The van der Waals surface area contributed by atoms with Crippen molar-refractivity contribution in [3.63, 3.8) is 0 Å². The molecule has 2 unspecified atom stereocenters. The molecule has 0 bridgehead atoms. The third kappa shape index (κ3) is 2.65. The standard InChI is InChI=1S/C13H19FN2O3S/c1-8-7-19-9(2)6-16(8)20(17,18)11-4-12(14)10(3)13(15)5-11/h4-5,8-9H,6-7,15H2,1-3H3. The average Bonchev–Trinajstić information content (AvgIpc) is 2.38. The van der Waals surface area contributed by atoms with E-state index in [1.54, 1.807) is 13.8 Å². The van der Waals surface area contributed by atoms with Crippen LogP contribution in [0.25, 0.3) is 0 Å². The highest BCUT2D eigenvalue weighted by Crippen LogP contribution is 2.26. The molecule has 0 amide bonds. The van der Waals surface area contributed by atoms with Crippen LogP contribution in [0.5, 0.6) is 0 Å². The van der Waals surface area contributed by atoms with E-state index in [4.69, 9.17) is 10.5 Å². The first-order valence-corrected chi connectivity index (χ1v) is 7.86. The molecule has 1 aromatic carbocycles. The van der Waals surface area contributed by atoms with Crippen LogP contribution < -0.4 is 5.73 Å². The second-order valence-corrected chi connectivity index (χ2v) is 7.08. The number of hydrogen-bond acceptors (Lipinski definition) is 4. The van der Waals surface area contributed by atoms with Gasteiger partial charge in [-0.2, -0.15) is 4.31 Å². The fourth-order valence-corrected chi connectivity index (χ4v) is 3.91. The average molecular weight is 302 g/mol. The number of benzene rings is 1. The Morgan fingerprint density at radius 2 is 2.05 bits per heavy atom. The predicted molar refractivity (Wildman–Crippen MR) is 74.3 cm³/mol. The van der Waals surface area contributed by atoms with Gasteiger partial charge in [0.15, 0.2) is 0 Å². The molecule has 1 fully saturated rings. The van der Waals surface area contributed by atoms with Crippen molar-refractivity contribution in [2.45, 2.75) is 37.8 Å². The fourth-order valence-electron chi connectivity index (χ4n) is 2.17. The molecular formula is C13H19FN2O3S. The van der Waals surface area contributed by atoms with Crippen LogP contribution in [-0.2, 0) is 14.8 Å². The number of anilines is 1. The molecule has 1 aromatic rings. The van der Waals surface area contributed by atoms with Gasteiger partial charge in [-0.15, -0.1) is 0 Å². The number of sulfonamides is 1. The highest BCUT2D eigenvalue weighted by molar-refractivity contribution is 7.89. The maximum absolute atomic E-state index is 13.7. The predicted octanol–water partition coefficient (Wildman–Crippen LogP) is 1.51. The van der Waals surface area contributed by atoms with Gasteiger partial charge in [0.2, 0.25) is 10.0 Å². The molecule has 2 atom stereocenters. The van der Waals surface area contributed by atoms with Gasteiger partial charge in [-0.3, -0.25) is 0 Å². The minimum atomic E-state index is -3.77. The summed E-state index contributed by atoms with van der Waals surface area (Å²) in [6.07, 6.45) is -0.186. The van der Waals surface area contributed by atoms with Crippen molar-refractivity contribution >= 4 is 15.7 Å². The molecule has 1 heterocycles. The van der Waals surface area contributed by atoms with Gasteiger partial charge in [0.05, 0.1) is 17.6 Å². The zero-order valence-corrected chi connectivity index (χ0v) is 12.6. The Kier molecular flexibility index (Phi) is 4.04. The lowest BCUT2D eigenvalue weighted by molar-refractivity contribution is -0.0170. The van der Waals surface area contributed by atoms with Crippen molar-refractivity contribution in [1.82, 2.24) is 4.31 Å². The van der Waals surface area contributed by atoms with Crippen molar-refractivity contribution in [2.24, 2.45) is 0 Å². The number of morpholine rings is 1. The van der Waals surface area contributed by atoms with Crippen molar-refractivity contribution in [3.05, 3.63) is 23.5 Å². The minimum Gasteiger partial charge on any atom is -0.398 e. The second kappa shape index (κ2) is 5.31. The van der Waals surface area contributed by atoms with Gasteiger partial charge in [0.1, 0.15) is 5.82 Å². The van der Waals surface area contributed by atoms with Crippen LogP contribution in [0.15, 0.2) is 17.0 Å². The number of nitrogens with two attached hydrogens (primary N) is 1. The van der Waals surface area contributed by atoms with E-state index in [1.165, 1.54) is 17.3 Å². The summed E-state index contributed by atoms with van der Waals surface area (Å²) in [5.41, 5.74) is 6.06. The van der Waals surface area contributed by atoms with Gasteiger partial charge in [-0.1, -0.05) is 0 Å². The summed E-state index contributed by atoms with van der Waals surface area (Å²) in [7, 11) is -3.77. The monoisotopic (exact) mass is 302 g/mol. The van der Waals surface area contributed by atoms with E-state index in [-0.39, 0.29) is 34.8 Å². The lowest BCUT2D eigenvalue weighted by atomic mass is 10.2. The van der Waals surface area contributed by atoms with Gasteiger partial charge < -0.3 is 10.5 Å². The lowest BCUT2D eigenvalue weighted by Crippen LogP contribution is -2.50. The van der Waals surface area contributed by atoms with E-state index < -0.39 is 15.8 Å². The summed E-state index contributed by atoms with van der Waals surface area (Å²) in [4.78, 5) is -0.112. The Morgan fingerprint density at radius 3 is 2.65 bits per heavy atom. The van der Waals surface area contributed by atoms with Gasteiger partial charge >= 0.3 is 0 Å². The van der Waals surface area contributed by atoms with Crippen molar-refractivity contribution in [2.75, 3.05) is 18.9 Å². The number of halogens is 1. The summed E-state index contributed by atoms with van der Waals surface area (Å²) in [6, 6.07) is 2.04. The molecule has 5 nitrogen and oxygen atoms in total. The molecule has 2 N–H and O–H groups in total. The van der Waals surface area contributed by atoms with Crippen LogP contribution in [0.2, 0.25) is 0 Å². The van der Waals surface area contributed by atoms with Crippen LogP contribution in [0, 0.1) is 12.7 Å². The summed E-state index contributed by atoms with van der Waals surface area (Å²) in [5, 5.41) is 0. The van der Waals surface area contributed by atoms with Crippen molar-refractivity contribution < 1.29 is 17.5 Å². The van der Waals surface area contributed by atoms with Gasteiger partial charge in [0.25, 0.3) is 0 Å². The third-order valence-electron chi connectivity index (χ3n) is 3.52. The molecule has 2 rings (SSSR count). The molecule has 1 aliphatic rings. The van der Waals surface area contributed by atoms with E-state index >= 15 is 0 Å².